The Labute approximate surface area is 100 Å². The Morgan fingerprint density at radius 2 is 1.94 bits per heavy atom. The van der Waals surface area contributed by atoms with Crippen LogP contribution in [0.1, 0.15) is 0 Å². The van der Waals surface area contributed by atoms with Gasteiger partial charge in [0.2, 0.25) is 0 Å². The molecule has 0 aliphatic carbocycles. The number of imidazole rings is 1. The fourth-order valence-corrected chi connectivity index (χ4v) is 1.97. The average Bonchev–Trinajstić information content (AvgIpc) is 2.82. The molecule has 0 aliphatic rings. The standard InChI is InChI=1S/C14H11BN2/c1-15-11-5-4-6-12(9-11)17-10-16-13-7-2-3-8-14(13)17/h2-10H,1H2. The molecule has 0 N–H and O–H groups in total. The first-order chi connectivity index (χ1) is 8.38. The van der Waals surface area contributed by atoms with E-state index in [-0.39, 0.29) is 0 Å². The molecule has 0 aliphatic heterocycles. The van der Waals surface area contributed by atoms with E-state index in [1.165, 1.54) is 0 Å². The summed E-state index contributed by atoms with van der Waals surface area (Å²) in [5.41, 5.74) is 4.35. The van der Waals surface area contributed by atoms with Gasteiger partial charge in [0.15, 0.2) is 0 Å². The molecule has 0 unspecified atom stereocenters. The molecule has 1 heterocycles. The normalized spacial score (nSPS) is 10.4. The quantitative estimate of drug-likeness (QED) is 0.599. The fourth-order valence-electron chi connectivity index (χ4n) is 1.97. The summed E-state index contributed by atoms with van der Waals surface area (Å²) in [6.07, 6.45) is 1.85. The molecule has 2 nitrogen and oxygen atoms in total. The van der Waals surface area contributed by atoms with Crippen LogP contribution in [0.25, 0.3) is 16.7 Å². The van der Waals surface area contributed by atoms with E-state index in [2.05, 4.69) is 34.2 Å². The summed E-state index contributed by atoms with van der Waals surface area (Å²) in [5, 5.41) is 0. The van der Waals surface area contributed by atoms with Crippen LogP contribution in [0.3, 0.4) is 0 Å². The van der Waals surface area contributed by atoms with Gasteiger partial charge in [-0.15, -0.1) is 0 Å². The molecule has 0 saturated carbocycles. The molecule has 0 radical (unpaired) electrons. The molecule has 3 aromatic rings. The van der Waals surface area contributed by atoms with E-state index in [0.717, 1.165) is 22.2 Å². The third-order valence-electron chi connectivity index (χ3n) is 2.84. The summed E-state index contributed by atoms with van der Waals surface area (Å²) >= 11 is 0. The molecule has 3 heteroatoms. The first-order valence-corrected chi connectivity index (χ1v) is 5.53. The average molecular weight is 218 g/mol. The van der Waals surface area contributed by atoms with Crippen molar-refractivity contribution in [3.8, 4) is 5.69 Å². The van der Waals surface area contributed by atoms with Crippen LogP contribution in [0, 0.1) is 0 Å². The van der Waals surface area contributed by atoms with Gasteiger partial charge in [-0.2, -0.15) is 0 Å². The zero-order chi connectivity index (χ0) is 11.7. The molecular formula is C14H11BN2. The van der Waals surface area contributed by atoms with Crippen LogP contribution in [0.2, 0.25) is 0 Å². The van der Waals surface area contributed by atoms with Crippen molar-refractivity contribution < 1.29 is 0 Å². The molecule has 0 saturated heterocycles. The van der Waals surface area contributed by atoms with Gasteiger partial charge in [-0.3, -0.25) is 0 Å². The molecular weight excluding hydrogens is 207 g/mol. The van der Waals surface area contributed by atoms with E-state index < -0.39 is 0 Å². The molecule has 17 heavy (non-hydrogen) atoms. The van der Waals surface area contributed by atoms with Crippen LogP contribution in [0.5, 0.6) is 0 Å². The Morgan fingerprint density at radius 3 is 2.82 bits per heavy atom. The predicted molar refractivity (Wildman–Crippen MR) is 73.6 cm³/mol. The number of para-hydroxylation sites is 2. The third kappa shape index (κ3) is 1.70. The summed E-state index contributed by atoms with van der Waals surface area (Å²) < 4.78 is 2.09. The molecule has 0 atom stereocenters. The van der Waals surface area contributed by atoms with Crippen LogP contribution in [0.15, 0.2) is 54.9 Å². The predicted octanol–water partition coefficient (Wildman–Crippen LogP) is 1.79. The molecule has 0 amide bonds. The number of hydrogen-bond acceptors (Lipinski definition) is 1. The van der Waals surface area contributed by atoms with E-state index >= 15 is 0 Å². The van der Waals surface area contributed by atoms with Crippen molar-refractivity contribution in [3.05, 3.63) is 54.9 Å². The van der Waals surface area contributed by atoms with Crippen LogP contribution >= 0.6 is 0 Å². The van der Waals surface area contributed by atoms with Crippen molar-refractivity contribution in [2.45, 2.75) is 0 Å². The minimum atomic E-state index is 1.01. The Kier molecular flexibility index (Phi) is 2.37. The number of benzene rings is 2. The van der Waals surface area contributed by atoms with Gasteiger partial charge in [-0.1, -0.05) is 0 Å². The van der Waals surface area contributed by atoms with Crippen LogP contribution in [0.4, 0.5) is 0 Å². The third-order valence-corrected chi connectivity index (χ3v) is 2.84. The Morgan fingerprint density at radius 1 is 1.06 bits per heavy atom. The van der Waals surface area contributed by atoms with E-state index in [9.17, 15) is 0 Å². The van der Waals surface area contributed by atoms with Crippen molar-refractivity contribution in [1.29, 1.82) is 0 Å². The van der Waals surface area contributed by atoms with Crippen molar-refractivity contribution in [2.24, 2.45) is 0 Å². The van der Waals surface area contributed by atoms with Crippen LogP contribution < -0.4 is 5.46 Å². The van der Waals surface area contributed by atoms with E-state index in [1.807, 2.05) is 43.6 Å². The van der Waals surface area contributed by atoms with Gasteiger partial charge < -0.3 is 0 Å². The van der Waals surface area contributed by atoms with Crippen LogP contribution in [-0.2, 0) is 0 Å². The Hall–Kier alpha value is -2.16. The molecule has 0 spiro atoms. The molecule has 1 aromatic heterocycles. The van der Waals surface area contributed by atoms with E-state index in [1.54, 1.807) is 0 Å². The monoisotopic (exact) mass is 218 g/mol. The van der Waals surface area contributed by atoms with Gasteiger partial charge in [0.1, 0.15) is 0 Å². The number of hydrogen-bond donors (Lipinski definition) is 0. The second-order valence-corrected chi connectivity index (χ2v) is 3.90. The summed E-state index contributed by atoms with van der Waals surface area (Å²) in [6, 6.07) is 16.3. The van der Waals surface area contributed by atoms with E-state index in [0.29, 0.717) is 0 Å². The zero-order valence-corrected chi connectivity index (χ0v) is 9.38. The summed E-state index contributed by atoms with van der Waals surface area (Å²) in [5.74, 6) is 0. The Bertz CT molecular complexity index is 685. The maximum atomic E-state index is 4.39. The first kappa shape index (κ1) is 10.0. The number of fused-ring (bicyclic) bond motifs is 1. The molecule has 2 aromatic carbocycles. The maximum absolute atomic E-state index is 4.39. The molecule has 0 fully saturated rings. The number of rotatable bonds is 2. The topological polar surface area (TPSA) is 17.8 Å². The van der Waals surface area contributed by atoms with Crippen molar-refractivity contribution in [3.63, 3.8) is 0 Å². The number of nitrogens with zero attached hydrogens (tertiary/aromatic N) is 2. The SMILES string of the molecule is C=Bc1cccc(-n2cnc3ccccc32)c1. The summed E-state index contributed by atoms with van der Waals surface area (Å²) in [4.78, 5) is 4.39. The zero-order valence-electron chi connectivity index (χ0n) is 9.38. The van der Waals surface area contributed by atoms with Crippen molar-refractivity contribution >= 4 is 29.9 Å². The number of aromatic nitrogens is 2. The fraction of sp³-hybridized carbons (Fsp3) is 0. The summed E-state index contributed by atoms with van der Waals surface area (Å²) in [6.45, 7) is 5.64. The van der Waals surface area contributed by atoms with Gasteiger partial charge in [0, 0.05) is 0 Å². The molecule has 3 rings (SSSR count). The second kappa shape index (κ2) is 4.02. The van der Waals surface area contributed by atoms with Crippen molar-refractivity contribution in [1.82, 2.24) is 9.55 Å². The second-order valence-electron chi connectivity index (χ2n) is 3.90. The minimum absolute atomic E-state index is 1.01. The molecule has 0 bridgehead atoms. The van der Waals surface area contributed by atoms with Gasteiger partial charge in [0.25, 0.3) is 0 Å². The van der Waals surface area contributed by atoms with Crippen molar-refractivity contribution in [2.75, 3.05) is 0 Å². The first-order valence-electron chi connectivity index (χ1n) is 5.53. The van der Waals surface area contributed by atoms with Gasteiger partial charge in [0.05, 0.1) is 0 Å². The summed E-state index contributed by atoms with van der Waals surface area (Å²) in [7, 11) is 0. The van der Waals surface area contributed by atoms with Gasteiger partial charge in [-0.25, -0.2) is 0 Å². The van der Waals surface area contributed by atoms with Gasteiger partial charge >= 0.3 is 100.0 Å². The van der Waals surface area contributed by atoms with E-state index in [4.69, 9.17) is 0 Å². The Balaban J connectivity index is 2.23. The van der Waals surface area contributed by atoms with Crippen LogP contribution in [-0.4, -0.2) is 22.9 Å². The molecule has 80 valence electrons. The van der Waals surface area contributed by atoms with Gasteiger partial charge in [-0.05, 0) is 0 Å².